The molecule has 1 aliphatic rings. The van der Waals surface area contributed by atoms with Gasteiger partial charge in [0.25, 0.3) is 0 Å². The Morgan fingerprint density at radius 3 is 2.67 bits per heavy atom. The van der Waals surface area contributed by atoms with Crippen LogP contribution in [0.2, 0.25) is 0 Å². The van der Waals surface area contributed by atoms with Crippen molar-refractivity contribution in [2.24, 2.45) is 0 Å². The number of sulfonamides is 1. The van der Waals surface area contributed by atoms with Crippen LogP contribution in [0.5, 0.6) is 0 Å². The fraction of sp³-hybridized carbons (Fsp3) is 0.833. The largest absolute Gasteiger partial charge is 0.392 e. The molecule has 6 heteroatoms. The highest BCUT2D eigenvalue weighted by molar-refractivity contribution is 7.88. The Balaban J connectivity index is 2.40. The van der Waals surface area contributed by atoms with Crippen molar-refractivity contribution in [3.63, 3.8) is 0 Å². The molecule has 18 heavy (non-hydrogen) atoms. The van der Waals surface area contributed by atoms with Crippen LogP contribution in [0.1, 0.15) is 19.3 Å². The Kier molecular flexibility index (Phi) is 6.28. The molecule has 1 aliphatic heterocycles. The highest BCUT2D eigenvalue weighted by Crippen LogP contribution is 2.08. The van der Waals surface area contributed by atoms with Crippen LogP contribution in [0, 0.1) is 0 Å². The molecule has 1 rings (SSSR count). The van der Waals surface area contributed by atoms with Crippen LogP contribution >= 0.6 is 0 Å². The Labute approximate surface area is 110 Å². The minimum Gasteiger partial charge on any atom is -0.392 e. The van der Waals surface area contributed by atoms with E-state index >= 15 is 0 Å². The third-order valence-electron chi connectivity index (χ3n) is 3.19. The quantitative estimate of drug-likeness (QED) is 0.708. The Morgan fingerprint density at radius 1 is 1.33 bits per heavy atom. The molecule has 0 unspecified atom stereocenters. The average molecular weight is 276 g/mol. The van der Waals surface area contributed by atoms with Gasteiger partial charge in [0.2, 0.25) is 10.0 Å². The second-order valence-electron chi connectivity index (χ2n) is 4.84. The zero-order valence-electron chi connectivity index (χ0n) is 11.1. The van der Waals surface area contributed by atoms with Crippen LogP contribution in [0.15, 0.2) is 12.7 Å². The van der Waals surface area contributed by atoms with Crippen molar-refractivity contribution >= 4 is 10.0 Å². The van der Waals surface area contributed by atoms with E-state index in [-0.39, 0.29) is 6.10 Å². The molecule has 0 aliphatic carbocycles. The maximum Gasteiger partial charge on any atom is 0.211 e. The summed E-state index contributed by atoms with van der Waals surface area (Å²) in [5.74, 6) is 0. The zero-order chi connectivity index (χ0) is 13.6. The lowest BCUT2D eigenvalue weighted by molar-refractivity contribution is 0.109. The number of rotatable bonds is 6. The molecule has 5 nitrogen and oxygen atoms in total. The van der Waals surface area contributed by atoms with E-state index in [0.717, 1.165) is 25.8 Å². The topological polar surface area (TPSA) is 60.9 Å². The second-order valence-corrected chi connectivity index (χ2v) is 6.82. The maximum absolute atomic E-state index is 11.5. The molecule has 1 fully saturated rings. The van der Waals surface area contributed by atoms with Gasteiger partial charge in [-0.3, -0.25) is 4.90 Å². The first-order valence-electron chi connectivity index (χ1n) is 6.40. The first-order chi connectivity index (χ1) is 8.43. The van der Waals surface area contributed by atoms with Gasteiger partial charge in [-0.2, -0.15) is 0 Å². The van der Waals surface area contributed by atoms with Gasteiger partial charge in [0.1, 0.15) is 0 Å². The number of hydrogen-bond acceptors (Lipinski definition) is 4. The predicted molar refractivity (Wildman–Crippen MR) is 72.9 cm³/mol. The van der Waals surface area contributed by atoms with E-state index in [9.17, 15) is 13.5 Å². The standard InChI is InChI=1S/C12H24N2O3S/c1-3-4-6-12(15)11-13-7-5-8-14(10-9-13)18(2,16)17/h3,12,15H,1,4-11H2,2H3/t12-/m0/s1. The highest BCUT2D eigenvalue weighted by Gasteiger charge is 2.22. The molecule has 0 bridgehead atoms. The lowest BCUT2D eigenvalue weighted by Crippen LogP contribution is -2.37. The van der Waals surface area contributed by atoms with Crippen LogP contribution in [0.25, 0.3) is 0 Å². The van der Waals surface area contributed by atoms with Crippen LogP contribution < -0.4 is 0 Å². The molecule has 1 saturated heterocycles. The summed E-state index contributed by atoms with van der Waals surface area (Å²) < 4.78 is 24.4. The molecule has 1 heterocycles. The molecule has 0 spiro atoms. The molecule has 0 amide bonds. The van der Waals surface area contributed by atoms with E-state index in [1.807, 2.05) is 0 Å². The molecule has 0 aromatic rings. The van der Waals surface area contributed by atoms with E-state index < -0.39 is 10.0 Å². The molecule has 0 aromatic carbocycles. The summed E-state index contributed by atoms with van der Waals surface area (Å²) in [6.07, 6.45) is 5.05. The summed E-state index contributed by atoms with van der Waals surface area (Å²) in [4.78, 5) is 2.14. The molecule has 1 N–H and O–H groups in total. The van der Waals surface area contributed by atoms with Crippen LogP contribution in [0.3, 0.4) is 0 Å². The van der Waals surface area contributed by atoms with Gasteiger partial charge in [-0.15, -0.1) is 6.58 Å². The van der Waals surface area contributed by atoms with Gasteiger partial charge in [0.15, 0.2) is 0 Å². The van der Waals surface area contributed by atoms with Gasteiger partial charge >= 0.3 is 0 Å². The fourth-order valence-electron chi connectivity index (χ4n) is 2.16. The molecule has 0 radical (unpaired) electrons. The SMILES string of the molecule is C=CCC[C@H](O)CN1CCCN(S(C)(=O)=O)CC1. The van der Waals surface area contributed by atoms with Gasteiger partial charge in [-0.25, -0.2) is 12.7 Å². The summed E-state index contributed by atoms with van der Waals surface area (Å²) in [6, 6.07) is 0. The van der Waals surface area contributed by atoms with Crippen molar-refractivity contribution in [2.45, 2.75) is 25.4 Å². The highest BCUT2D eigenvalue weighted by atomic mass is 32.2. The Bertz CT molecular complexity index is 356. The molecule has 0 saturated carbocycles. The van der Waals surface area contributed by atoms with E-state index in [1.165, 1.54) is 10.6 Å². The number of β-amino-alcohol motifs (C(OH)–C–C–N with tert-alkyl or cyclic N) is 1. The minimum absolute atomic E-state index is 0.354. The molecule has 0 aromatic heterocycles. The zero-order valence-corrected chi connectivity index (χ0v) is 11.9. The van der Waals surface area contributed by atoms with E-state index in [4.69, 9.17) is 0 Å². The van der Waals surface area contributed by atoms with Gasteiger partial charge in [0, 0.05) is 26.2 Å². The number of nitrogens with zero attached hydrogens (tertiary/aromatic N) is 2. The summed E-state index contributed by atoms with van der Waals surface area (Å²) in [5.41, 5.74) is 0. The van der Waals surface area contributed by atoms with Gasteiger partial charge in [-0.05, 0) is 25.8 Å². The van der Waals surface area contributed by atoms with Crippen molar-refractivity contribution in [3.05, 3.63) is 12.7 Å². The first kappa shape index (κ1) is 15.6. The molecular weight excluding hydrogens is 252 g/mol. The third kappa shape index (κ3) is 5.48. The van der Waals surface area contributed by atoms with Crippen molar-refractivity contribution in [1.82, 2.24) is 9.21 Å². The second kappa shape index (κ2) is 7.23. The van der Waals surface area contributed by atoms with Crippen molar-refractivity contribution < 1.29 is 13.5 Å². The van der Waals surface area contributed by atoms with E-state index in [1.54, 1.807) is 6.08 Å². The average Bonchev–Trinajstić information content (AvgIpc) is 2.51. The normalized spacial score (nSPS) is 21.4. The Hall–Kier alpha value is -0.430. The lowest BCUT2D eigenvalue weighted by atomic mass is 10.2. The predicted octanol–water partition coefficient (Wildman–Crippen LogP) is 0.281. The van der Waals surface area contributed by atoms with Crippen molar-refractivity contribution in [2.75, 3.05) is 39.0 Å². The van der Waals surface area contributed by atoms with Crippen LogP contribution in [0.4, 0.5) is 0 Å². The summed E-state index contributed by atoms with van der Waals surface area (Å²) in [5, 5.41) is 9.83. The monoisotopic (exact) mass is 276 g/mol. The van der Waals surface area contributed by atoms with Crippen molar-refractivity contribution in [1.29, 1.82) is 0 Å². The van der Waals surface area contributed by atoms with Crippen LogP contribution in [-0.4, -0.2) is 67.8 Å². The van der Waals surface area contributed by atoms with Crippen LogP contribution in [-0.2, 0) is 10.0 Å². The summed E-state index contributed by atoms with van der Waals surface area (Å²) >= 11 is 0. The number of aliphatic hydroxyl groups is 1. The molecule has 1 atom stereocenters. The number of allylic oxidation sites excluding steroid dienone is 1. The van der Waals surface area contributed by atoms with E-state index in [2.05, 4.69) is 11.5 Å². The van der Waals surface area contributed by atoms with Gasteiger partial charge < -0.3 is 5.11 Å². The summed E-state index contributed by atoms with van der Waals surface area (Å²) in [7, 11) is -3.08. The van der Waals surface area contributed by atoms with Gasteiger partial charge in [0.05, 0.1) is 12.4 Å². The van der Waals surface area contributed by atoms with Crippen molar-refractivity contribution in [3.8, 4) is 0 Å². The fourth-order valence-corrected chi connectivity index (χ4v) is 3.04. The Morgan fingerprint density at radius 2 is 2.06 bits per heavy atom. The van der Waals surface area contributed by atoms with E-state index in [0.29, 0.717) is 26.2 Å². The maximum atomic E-state index is 11.5. The minimum atomic E-state index is -3.08. The third-order valence-corrected chi connectivity index (χ3v) is 4.49. The van der Waals surface area contributed by atoms with Gasteiger partial charge in [-0.1, -0.05) is 6.08 Å². The first-order valence-corrected chi connectivity index (χ1v) is 8.24. The summed E-state index contributed by atoms with van der Waals surface area (Å²) in [6.45, 7) is 6.89. The lowest BCUT2D eigenvalue weighted by Gasteiger charge is -2.23. The molecule has 106 valence electrons. The molecular formula is C12H24N2O3S. The smallest absolute Gasteiger partial charge is 0.211 e. The number of hydrogen-bond donors (Lipinski definition) is 1. The number of aliphatic hydroxyl groups excluding tert-OH is 1.